The van der Waals surface area contributed by atoms with Gasteiger partial charge in [0, 0.05) is 12.6 Å². The van der Waals surface area contributed by atoms with Crippen molar-refractivity contribution in [1.82, 2.24) is 10.6 Å². The molecule has 0 unspecified atom stereocenters. The molecule has 0 saturated heterocycles. The van der Waals surface area contributed by atoms with Crippen molar-refractivity contribution in [1.29, 1.82) is 0 Å². The number of amides is 1. The summed E-state index contributed by atoms with van der Waals surface area (Å²) in [6, 6.07) is 6.92. The topological polar surface area (TPSA) is 50.4 Å². The fourth-order valence-corrected chi connectivity index (χ4v) is 1.29. The van der Waals surface area contributed by atoms with Gasteiger partial charge in [-0.15, -0.1) is 0 Å². The summed E-state index contributed by atoms with van der Waals surface area (Å²) in [5.74, 6) is 0.508. The van der Waals surface area contributed by atoms with Gasteiger partial charge in [-0.3, -0.25) is 10.1 Å². The minimum atomic E-state index is -0.236. The van der Waals surface area contributed by atoms with E-state index in [2.05, 4.69) is 10.6 Å². The van der Waals surface area contributed by atoms with Crippen molar-refractivity contribution in [2.24, 2.45) is 0 Å². The van der Waals surface area contributed by atoms with E-state index in [1.807, 2.05) is 13.8 Å². The zero-order chi connectivity index (χ0) is 12.8. The van der Waals surface area contributed by atoms with Gasteiger partial charge in [0.2, 0.25) is 0 Å². The first-order valence-electron chi connectivity index (χ1n) is 5.32. The maximum atomic E-state index is 11.7. The largest absolute Gasteiger partial charge is 0.491 e. The average Bonchev–Trinajstić information content (AvgIpc) is 2.28. The number of carbonyl (C=O) groups is 1. The summed E-state index contributed by atoms with van der Waals surface area (Å²) in [4.78, 5) is 11.7. The molecular weight excluding hydrogens is 236 g/mol. The molecule has 0 aliphatic rings. The molecule has 92 valence electrons. The van der Waals surface area contributed by atoms with Gasteiger partial charge in [-0.05, 0) is 50.3 Å². The van der Waals surface area contributed by atoms with Gasteiger partial charge >= 0.3 is 0 Å². The zero-order valence-corrected chi connectivity index (χ0v) is 10.9. The molecule has 0 aliphatic heterocycles. The molecule has 0 aliphatic carbocycles. The van der Waals surface area contributed by atoms with Gasteiger partial charge in [0.25, 0.3) is 5.91 Å². The van der Waals surface area contributed by atoms with E-state index < -0.39 is 0 Å². The van der Waals surface area contributed by atoms with E-state index in [1.165, 1.54) is 0 Å². The maximum absolute atomic E-state index is 11.7. The molecule has 0 saturated carbocycles. The molecule has 0 atom stereocenters. The summed E-state index contributed by atoms with van der Waals surface area (Å²) >= 11 is 4.85. The summed E-state index contributed by atoms with van der Waals surface area (Å²) in [5.41, 5.74) is 0.540. The van der Waals surface area contributed by atoms with Crippen molar-refractivity contribution in [2.45, 2.75) is 20.0 Å². The van der Waals surface area contributed by atoms with Crippen LogP contribution >= 0.6 is 12.2 Å². The molecule has 0 radical (unpaired) electrons. The molecule has 0 bridgehead atoms. The van der Waals surface area contributed by atoms with Crippen LogP contribution in [0.5, 0.6) is 5.75 Å². The van der Waals surface area contributed by atoms with E-state index in [9.17, 15) is 4.79 Å². The summed E-state index contributed by atoms with van der Waals surface area (Å²) in [6.07, 6.45) is 0.117. The van der Waals surface area contributed by atoms with E-state index >= 15 is 0 Å². The molecular formula is C12H16N2O2S. The zero-order valence-electron chi connectivity index (χ0n) is 10.1. The first-order chi connectivity index (χ1) is 8.02. The van der Waals surface area contributed by atoms with Crippen LogP contribution in [-0.2, 0) is 0 Å². The Morgan fingerprint density at radius 2 is 1.88 bits per heavy atom. The van der Waals surface area contributed by atoms with Crippen LogP contribution in [-0.4, -0.2) is 24.2 Å². The summed E-state index contributed by atoms with van der Waals surface area (Å²) in [5, 5.41) is 5.53. The second-order valence-corrected chi connectivity index (χ2v) is 4.13. The highest BCUT2D eigenvalue weighted by molar-refractivity contribution is 7.80. The van der Waals surface area contributed by atoms with Crippen LogP contribution in [0.15, 0.2) is 24.3 Å². The van der Waals surface area contributed by atoms with Gasteiger partial charge in [-0.2, -0.15) is 0 Å². The molecule has 1 aromatic rings. The monoisotopic (exact) mass is 252 g/mol. The molecule has 0 fully saturated rings. The predicted octanol–water partition coefficient (Wildman–Crippen LogP) is 1.71. The third kappa shape index (κ3) is 4.40. The SMILES string of the molecule is CNC(=S)NC(=O)c1ccc(OC(C)C)cc1. The highest BCUT2D eigenvalue weighted by Gasteiger charge is 2.07. The van der Waals surface area contributed by atoms with Crippen molar-refractivity contribution in [3.05, 3.63) is 29.8 Å². The van der Waals surface area contributed by atoms with Crippen LogP contribution < -0.4 is 15.4 Å². The Morgan fingerprint density at radius 3 is 2.35 bits per heavy atom. The summed E-state index contributed by atoms with van der Waals surface area (Å²) in [7, 11) is 1.65. The molecule has 4 nitrogen and oxygen atoms in total. The maximum Gasteiger partial charge on any atom is 0.257 e. The van der Waals surface area contributed by atoms with Crippen molar-refractivity contribution in [2.75, 3.05) is 7.05 Å². The van der Waals surface area contributed by atoms with Crippen LogP contribution in [0.3, 0.4) is 0 Å². The normalized spacial score (nSPS) is 9.88. The lowest BCUT2D eigenvalue weighted by Gasteiger charge is -2.10. The van der Waals surface area contributed by atoms with E-state index in [4.69, 9.17) is 17.0 Å². The molecule has 1 aromatic carbocycles. The first-order valence-corrected chi connectivity index (χ1v) is 5.73. The van der Waals surface area contributed by atoms with Crippen molar-refractivity contribution in [3.8, 4) is 5.75 Å². The second-order valence-electron chi connectivity index (χ2n) is 3.72. The molecule has 0 aromatic heterocycles. The Balaban J connectivity index is 2.67. The average molecular weight is 252 g/mol. The quantitative estimate of drug-likeness (QED) is 0.804. The number of hydrogen-bond donors (Lipinski definition) is 2. The molecule has 1 amide bonds. The Hall–Kier alpha value is -1.62. The van der Waals surface area contributed by atoms with Gasteiger partial charge in [-0.1, -0.05) is 0 Å². The Bertz CT molecular complexity index is 401. The highest BCUT2D eigenvalue weighted by Crippen LogP contribution is 2.13. The third-order valence-electron chi connectivity index (χ3n) is 1.94. The fourth-order valence-electron chi connectivity index (χ4n) is 1.19. The van der Waals surface area contributed by atoms with Gasteiger partial charge in [0.15, 0.2) is 5.11 Å². The molecule has 0 spiro atoms. The van der Waals surface area contributed by atoms with Gasteiger partial charge in [0.05, 0.1) is 6.10 Å². The molecule has 17 heavy (non-hydrogen) atoms. The van der Waals surface area contributed by atoms with Crippen molar-refractivity contribution >= 4 is 23.2 Å². The van der Waals surface area contributed by atoms with E-state index in [0.717, 1.165) is 5.75 Å². The summed E-state index contributed by atoms with van der Waals surface area (Å²) in [6.45, 7) is 3.90. The van der Waals surface area contributed by atoms with E-state index in [-0.39, 0.29) is 12.0 Å². The molecule has 1 rings (SSSR count). The number of benzene rings is 1. The van der Waals surface area contributed by atoms with Gasteiger partial charge < -0.3 is 10.1 Å². The fraction of sp³-hybridized carbons (Fsp3) is 0.333. The number of carbonyl (C=O) groups excluding carboxylic acids is 1. The highest BCUT2D eigenvalue weighted by atomic mass is 32.1. The summed E-state index contributed by atoms with van der Waals surface area (Å²) < 4.78 is 5.48. The van der Waals surface area contributed by atoms with Gasteiger partial charge in [0.1, 0.15) is 5.75 Å². The third-order valence-corrected chi connectivity index (χ3v) is 2.25. The first kappa shape index (κ1) is 13.4. The molecule has 2 N–H and O–H groups in total. The van der Waals surface area contributed by atoms with Crippen molar-refractivity contribution in [3.63, 3.8) is 0 Å². The number of ether oxygens (including phenoxy) is 1. The van der Waals surface area contributed by atoms with E-state index in [0.29, 0.717) is 10.7 Å². The Labute approximate surface area is 106 Å². The predicted molar refractivity (Wildman–Crippen MR) is 71.3 cm³/mol. The smallest absolute Gasteiger partial charge is 0.257 e. The van der Waals surface area contributed by atoms with Crippen LogP contribution in [0.25, 0.3) is 0 Å². The number of rotatable bonds is 3. The Morgan fingerprint density at radius 1 is 1.29 bits per heavy atom. The molecule has 5 heteroatoms. The molecule has 0 heterocycles. The van der Waals surface area contributed by atoms with Crippen LogP contribution in [0, 0.1) is 0 Å². The lowest BCUT2D eigenvalue weighted by Crippen LogP contribution is -2.37. The minimum Gasteiger partial charge on any atom is -0.491 e. The van der Waals surface area contributed by atoms with E-state index in [1.54, 1.807) is 31.3 Å². The number of thiocarbonyl (C=S) groups is 1. The lowest BCUT2D eigenvalue weighted by atomic mass is 10.2. The van der Waals surface area contributed by atoms with Crippen molar-refractivity contribution < 1.29 is 9.53 Å². The van der Waals surface area contributed by atoms with Crippen LogP contribution in [0.2, 0.25) is 0 Å². The van der Waals surface area contributed by atoms with Crippen LogP contribution in [0.4, 0.5) is 0 Å². The second kappa shape index (κ2) is 6.20. The Kier molecular flexibility index (Phi) is 4.90. The standard InChI is InChI=1S/C12H16N2O2S/c1-8(2)16-10-6-4-9(5-7-10)11(15)14-12(17)13-3/h4-8H,1-3H3,(H2,13,14,15,17). The van der Waals surface area contributed by atoms with Crippen LogP contribution in [0.1, 0.15) is 24.2 Å². The lowest BCUT2D eigenvalue weighted by molar-refractivity contribution is 0.0977. The number of hydrogen-bond acceptors (Lipinski definition) is 3. The minimum absolute atomic E-state index is 0.117. The van der Waals surface area contributed by atoms with Gasteiger partial charge in [-0.25, -0.2) is 0 Å². The number of nitrogens with one attached hydrogen (secondary N) is 2.